The third-order valence-corrected chi connectivity index (χ3v) is 4.18. The highest BCUT2D eigenvalue weighted by atomic mass is 32.2. The average molecular weight is 312 g/mol. The van der Waals surface area contributed by atoms with E-state index in [0.717, 1.165) is 6.42 Å². The van der Waals surface area contributed by atoms with Gasteiger partial charge >= 0.3 is 0 Å². The molecule has 1 amide bonds. The zero-order valence-electron chi connectivity index (χ0n) is 12.2. The number of carbonyl (C=O) groups excluding carboxylic acids is 2. The smallest absolute Gasteiger partial charge is 0.239 e. The van der Waals surface area contributed by atoms with Gasteiger partial charge in [0.15, 0.2) is 5.78 Å². The first-order chi connectivity index (χ1) is 9.84. The van der Waals surface area contributed by atoms with Crippen molar-refractivity contribution in [2.75, 3.05) is 17.6 Å². The van der Waals surface area contributed by atoms with Crippen molar-refractivity contribution in [2.45, 2.75) is 26.7 Å². The summed E-state index contributed by atoms with van der Waals surface area (Å²) in [7, 11) is -3.42. The minimum Gasteiger partial charge on any atom is -0.325 e. The molecule has 116 valence electrons. The van der Waals surface area contributed by atoms with Gasteiger partial charge in [0.2, 0.25) is 15.9 Å². The van der Waals surface area contributed by atoms with Gasteiger partial charge in [-0.05, 0) is 25.5 Å². The van der Waals surface area contributed by atoms with E-state index in [9.17, 15) is 18.0 Å². The van der Waals surface area contributed by atoms with Crippen LogP contribution in [0.4, 0.5) is 5.69 Å². The summed E-state index contributed by atoms with van der Waals surface area (Å²) in [6, 6.07) is 6.48. The summed E-state index contributed by atoms with van der Waals surface area (Å²) >= 11 is 0. The molecule has 0 heterocycles. The third kappa shape index (κ3) is 6.50. The van der Waals surface area contributed by atoms with E-state index in [0.29, 0.717) is 17.7 Å². The Morgan fingerprint density at radius 2 is 1.95 bits per heavy atom. The van der Waals surface area contributed by atoms with Crippen LogP contribution < -0.4 is 10.0 Å². The van der Waals surface area contributed by atoms with E-state index in [1.807, 2.05) is 6.92 Å². The fraction of sp³-hybridized carbons (Fsp3) is 0.429. The van der Waals surface area contributed by atoms with E-state index < -0.39 is 15.9 Å². The molecule has 0 fully saturated rings. The summed E-state index contributed by atoms with van der Waals surface area (Å²) in [6.45, 7) is 3.00. The highest BCUT2D eigenvalue weighted by molar-refractivity contribution is 7.89. The van der Waals surface area contributed by atoms with Crippen molar-refractivity contribution in [3.05, 3.63) is 29.8 Å². The predicted molar refractivity (Wildman–Crippen MR) is 81.8 cm³/mol. The van der Waals surface area contributed by atoms with Gasteiger partial charge in [0.05, 0.1) is 12.3 Å². The Balaban J connectivity index is 2.54. The van der Waals surface area contributed by atoms with E-state index in [2.05, 4.69) is 10.0 Å². The molecule has 0 aliphatic heterocycles. The first-order valence-corrected chi connectivity index (χ1v) is 8.37. The molecule has 0 saturated heterocycles. The van der Waals surface area contributed by atoms with Crippen molar-refractivity contribution in [1.82, 2.24) is 4.72 Å². The van der Waals surface area contributed by atoms with Crippen LogP contribution in [0.5, 0.6) is 0 Å². The lowest BCUT2D eigenvalue weighted by atomic mass is 10.1. The van der Waals surface area contributed by atoms with Crippen LogP contribution in [0.1, 0.15) is 37.0 Å². The van der Waals surface area contributed by atoms with Crippen molar-refractivity contribution >= 4 is 27.4 Å². The van der Waals surface area contributed by atoms with E-state index in [1.54, 1.807) is 24.3 Å². The number of benzene rings is 1. The standard InChI is InChI=1S/C14H20N2O4S/c1-3-4-8-21(19,20)15-10-14(18)16-13-7-5-6-12(9-13)11(2)17/h5-7,9,15H,3-4,8,10H2,1-2H3,(H,16,18). The largest absolute Gasteiger partial charge is 0.325 e. The number of hydrogen-bond acceptors (Lipinski definition) is 4. The summed E-state index contributed by atoms with van der Waals surface area (Å²) in [5, 5.41) is 2.55. The SMILES string of the molecule is CCCCS(=O)(=O)NCC(=O)Nc1cccc(C(C)=O)c1. The van der Waals surface area contributed by atoms with Crippen LogP contribution in [0.25, 0.3) is 0 Å². The number of anilines is 1. The summed E-state index contributed by atoms with van der Waals surface area (Å²) < 4.78 is 25.4. The number of nitrogens with one attached hydrogen (secondary N) is 2. The lowest BCUT2D eigenvalue weighted by Gasteiger charge is -2.08. The average Bonchev–Trinajstić information content (AvgIpc) is 2.43. The molecular weight excluding hydrogens is 292 g/mol. The van der Waals surface area contributed by atoms with Crippen LogP contribution in [0.3, 0.4) is 0 Å². The van der Waals surface area contributed by atoms with Gasteiger partial charge in [-0.3, -0.25) is 9.59 Å². The number of amides is 1. The van der Waals surface area contributed by atoms with Gasteiger partial charge in [0.1, 0.15) is 0 Å². The normalized spacial score (nSPS) is 11.1. The van der Waals surface area contributed by atoms with Crippen molar-refractivity contribution in [3.63, 3.8) is 0 Å². The highest BCUT2D eigenvalue weighted by Crippen LogP contribution is 2.10. The second kappa shape index (κ2) is 7.90. The Labute approximate surface area is 125 Å². The molecule has 6 nitrogen and oxygen atoms in total. The Kier molecular flexibility index (Phi) is 6.51. The maximum atomic E-state index is 11.7. The van der Waals surface area contributed by atoms with Crippen LogP contribution >= 0.6 is 0 Å². The fourth-order valence-corrected chi connectivity index (χ4v) is 2.77. The number of rotatable bonds is 8. The minimum absolute atomic E-state index is 0.0105. The maximum Gasteiger partial charge on any atom is 0.239 e. The molecule has 0 aliphatic carbocycles. The van der Waals surface area contributed by atoms with Gasteiger partial charge in [0.25, 0.3) is 0 Å². The Hall–Kier alpha value is -1.73. The van der Waals surface area contributed by atoms with Crippen LogP contribution in [0.15, 0.2) is 24.3 Å². The number of carbonyl (C=O) groups is 2. The second-order valence-electron chi connectivity index (χ2n) is 4.68. The zero-order chi connectivity index (χ0) is 15.9. The van der Waals surface area contributed by atoms with Crippen LogP contribution in [0.2, 0.25) is 0 Å². The topological polar surface area (TPSA) is 92.3 Å². The van der Waals surface area contributed by atoms with E-state index in [1.165, 1.54) is 6.92 Å². The van der Waals surface area contributed by atoms with Gasteiger partial charge in [-0.1, -0.05) is 25.5 Å². The molecule has 21 heavy (non-hydrogen) atoms. The molecule has 1 aromatic rings. The Bertz CT molecular complexity index is 611. The monoisotopic (exact) mass is 312 g/mol. The third-order valence-electron chi connectivity index (χ3n) is 2.77. The fourth-order valence-electron chi connectivity index (χ4n) is 1.60. The minimum atomic E-state index is -3.42. The maximum absolute atomic E-state index is 11.7. The molecule has 0 spiro atoms. The summed E-state index contributed by atoms with van der Waals surface area (Å²) in [5.74, 6) is -0.571. The first-order valence-electron chi connectivity index (χ1n) is 6.72. The number of hydrogen-bond donors (Lipinski definition) is 2. The van der Waals surface area contributed by atoms with Crippen LogP contribution in [0, 0.1) is 0 Å². The molecule has 0 aliphatic rings. The molecule has 0 radical (unpaired) electrons. The summed E-state index contributed by atoms with van der Waals surface area (Å²) in [5.41, 5.74) is 0.941. The van der Waals surface area contributed by atoms with Crippen molar-refractivity contribution in [3.8, 4) is 0 Å². The van der Waals surface area contributed by atoms with E-state index >= 15 is 0 Å². The van der Waals surface area contributed by atoms with E-state index in [4.69, 9.17) is 0 Å². The molecule has 0 saturated carbocycles. The molecule has 7 heteroatoms. The van der Waals surface area contributed by atoms with E-state index in [-0.39, 0.29) is 18.1 Å². The lowest BCUT2D eigenvalue weighted by Crippen LogP contribution is -2.34. The Morgan fingerprint density at radius 3 is 2.57 bits per heavy atom. The number of sulfonamides is 1. The highest BCUT2D eigenvalue weighted by Gasteiger charge is 2.12. The van der Waals surface area contributed by atoms with Gasteiger partial charge in [0, 0.05) is 11.3 Å². The second-order valence-corrected chi connectivity index (χ2v) is 6.61. The number of ketones is 1. The summed E-state index contributed by atoms with van der Waals surface area (Å²) in [6.07, 6.45) is 1.32. The predicted octanol–water partition coefficient (Wildman–Crippen LogP) is 1.55. The number of Topliss-reactive ketones (excluding diaryl/α,β-unsaturated/α-hetero) is 1. The number of unbranched alkanes of at least 4 members (excludes halogenated alkanes) is 1. The van der Waals surface area contributed by atoms with Gasteiger partial charge in [-0.2, -0.15) is 0 Å². The van der Waals surface area contributed by atoms with Gasteiger partial charge < -0.3 is 5.32 Å². The molecule has 0 unspecified atom stereocenters. The zero-order valence-corrected chi connectivity index (χ0v) is 13.0. The van der Waals surface area contributed by atoms with Crippen molar-refractivity contribution in [1.29, 1.82) is 0 Å². The van der Waals surface area contributed by atoms with Gasteiger partial charge in [-0.25, -0.2) is 13.1 Å². The van der Waals surface area contributed by atoms with Crippen LogP contribution in [-0.4, -0.2) is 32.4 Å². The van der Waals surface area contributed by atoms with Gasteiger partial charge in [-0.15, -0.1) is 0 Å². The quantitative estimate of drug-likeness (QED) is 0.712. The molecule has 0 aromatic heterocycles. The molecular formula is C14H20N2O4S. The van der Waals surface area contributed by atoms with Crippen molar-refractivity contribution < 1.29 is 18.0 Å². The molecule has 1 rings (SSSR count). The Morgan fingerprint density at radius 1 is 1.24 bits per heavy atom. The summed E-state index contributed by atoms with van der Waals surface area (Å²) in [4.78, 5) is 22.9. The molecule has 1 aromatic carbocycles. The van der Waals surface area contributed by atoms with Crippen molar-refractivity contribution in [2.24, 2.45) is 0 Å². The molecule has 0 bridgehead atoms. The molecule has 0 atom stereocenters. The van der Waals surface area contributed by atoms with Crippen LogP contribution in [-0.2, 0) is 14.8 Å². The lowest BCUT2D eigenvalue weighted by molar-refractivity contribution is -0.115. The first kappa shape index (κ1) is 17.3. The molecule has 2 N–H and O–H groups in total.